The zero-order chi connectivity index (χ0) is 15.9. The number of nitrogens with one attached hydrogen (secondary N) is 2. The molecule has 1 amide bonds. The zero-order valence-corrected chi connectivity index (χ0v) is 14.3. The van der Waals surface area contributed by atoms with Crippen LogP contribution in [0.3, 0.4) is 0 Å². The van der Waals surface area contributed by atoms with Gasteiger partial charge in [0.05, 0.1) is 12.3 Å². The van der Waals surface area contributed by atoms with Gasteiger partial charge in [-0.05, 0) is 48.9 Å². The molecular formula is C16H15BrClN3O. The molecule has 2 aromatic rings. The molecule has 0 bridgehead atoms. The lowest BCUT2D eigenvalue weighted by atomic mass is 10.1. The van der Waals surface area contributed by atoms with Crippen molar-refractivity contribution in [3.63, 3.8) is 0 Å². The predicted octanol–water partition coefficient (Wildman–Crippen LogP) is 4.05. The van der Waals surface area contributed by atoms with E-state index in [9.17, 15) is 4.79 Å². The molecule has 22 heavy (non-hydrogen) atoms. The molecule has 0 saturated carbocycles. The van der Waals surface area contributed by atoms with E-state index in [-0.39, 0.29) is 12.5 Å². The highest BCUT2D eigenvalue weighted by Gasteiger charge is 2.02. The Labute approximate surface area is 142 Å². The van der Waals surface area contributed by atoms with Crippen molar-refractivity contribution in [3.8, 4) is 0 Å². The van der Waals surface area contributed by atoms with Gasteiger partial charge in [-0.2, -0.15) is 5.10 Å². The number of rotatable bonds is 5. The molecule has 0 aliphatic carbocycles. The lowest BCUT2D eigenvalue weighted by Crippen LogP contribution is -2.26. The second-order valence-corrected chi connectivity index (χ2v) is 5.95. The molecule has 0 fully saturated rings. The standard InChI is InChI=1S/C16H15BrClN3O/c1-11(12-2-4-13(17)5-3-12)20-21-16(22)10-19-15-8-6-14(18)7-9-15/h2-9,19H,10H2,1H3,(H,21,22)/b20-11-. The van der Waals surface area contributed by atoms with E-state index in [0.717, 1.165) is 21.4 Å². The molecule has 0 saturated heterocycles. The van der Waals surface area contributed by atoms with E-state index in [0.29, 0.717) is 5.02 Å². The molecule has 0 unspecified atom stereocenters. The monoisotopic (exact) mass is 379 g/mol. The number of carbonyl (C=O) groups excluding carboxylic acids is 1. The van der Waals surface area contributed by atoms with Crippen LogP contribution in [0, 0.1) is 0 Å². The number of hydrogen-bond donors (Lipinski definition) is 2. The van der Waals surface area contributed by atoms with Crippen LogP contribution in [0.15, 0.2) is 58.1 Å². The molecule has 0 aromatic heterocycles. The van der Waals surface area contributed by atoms with E-state index in [1.54, 1.807) is 12.1 Å². The van der Waals surface area contributed by atoms with Gasteiger partial charge in [0.1, 0.15) is 0 Å². The van der Waals surface area contributed by atoms with Crippen molar-refractivity contribution in [1.82, 2.24) is 5.43 Å². The Balaban J connectivity index is 1.85. The van der Waals surface area contributed by atoms with Gasteiger partial charge in [0.25, 0.3) is 5.91 Å². The van der Waals surface area contributed by atoms with Gasteiger partial charge in [0.15, 0.2) is 0 Å². The highest BCUT2D eigenvalue weighted by atomic mass is 79.9. The fourth-order valence-corrected chi connectivity index (χ4v) is 2.08. The van der Waals surface area contributed by atoms with Gasteiger partial charge in [-0.15, -0.1) is 0 Å². The summed E-state index contributed by atoms with van der Waals surface area (Å²) in [7, 11) is 0. The number of benzene rings is 2. The van der Waals surface area contributed by atoms with Gasteiger partial charge in [-0.3, -0.25) is 4.79 Å². The molecule has 2 N–H and O–H groups in total. The second-order valence-electron chi connectivity index (χ2n) is 4.60. The average molecular weight is 381 g/mol. The number of anilines is 1. The minimum absolute atomic E-state index is 0.138. The number of carbonyl (C=O) groups is 1. The average Bonchev–Trinajstić information content (AvgIpc) is 2.52. The lowest BCUT2D eigenvalue weighted by molar-refractivity contribution is -0.119. The van der Waals surface area contributed by atoms with Gasteiger partial charge in [0, 0.05) is 15.2 Å². The molecule has 0 spiro atoms. The first kappa shape index (κ1) is 16.5. The topological polar surface area (TPSA) is 53.5 Å². The Morgan fingerprint density at radius 1 is 1.14 bits per heavy atom. The SMILES string of the molecule is C/C(=N/NC(=O)CNc1ccc(Cl)cc1)c1ccc(Br)cc1. The Morgan fingerprint density at radius 2 is 1.77 bits per heavy atom. The van der Waals surface area contributed by atoms with Gasteiger partial charge < -0.3 is 5.32 Å². The van der Waals surface area contributed by atoms with E-state index in [2.05, 4.69) is 31.8 Å². The van der Waals surface area contributed by atoms with Crippen LogP contribution in [0.25, 0.3) is 0 Å². The van der Waals surface area contributed by atoms with Gasteiger partial charge >= 0.3 is 0 Å². The van der Waals surface area contributed by atoms with E-state index in [1.807, 2.05) is 43.3 Å². The maximum atomic E-state index is 11.8. The van der Waals surface area contributed by atoms with Crippen LogP contribution in [0.4, 0.5) is 5.69 Å². The molecule has 0 aliphatic rings. The summed E-state index contributed by atoms with van der Waals surface area (Å²) in [5.41, 5.74) is 5.05. The van der Waals surface area contributed by atoms with E-state index >= 15 is 0 Å². The molecule has 114 valence electrons. The molecule has 6 heteroatoms. The Hall–Kier alpha value is -1.85. The first-order valence-corrected chi connectivity index (χ1v) is 7.80. The summed E-state index contributed by atoms with van der Waals surface area (Å²) in [4.78, 5) is 11.8. The summed E-state index contributed by atoms with van der Waals surface area (Å²) < 4.78 is 1.00. The Bertz CT molecular complexity index is 669. The van der Waals surface area contributed by atoms with Crippen molar-refractivity contribution in [2.24, 2.45) is 5.10 Å². The third-order valence-corrected chi connectivity index (χ3v) is 3.69. The van der Waals surface area contributed by atoms with Gasteiger partial charge in [0.2, 0.25) is 0 Å². The molecular weight excluding hydrogens is 366 g/mol. The van der Waals surface area contributed by atoms with E-state index in [1.165, 1.54) is 0 Å². The maximum Gasteiger partial charge on any atom is 0.259 e. The minimum Gasteiger partial charge on any atom is -0.376 e. The first-order chi connectivity index (χ1) is 10.5. The highest BCUT2D eigenvalue weighted by Crippen LogP contribution is 2.13. The molecule has 2 rings (SSSR count). The molecule has 0 aliphatic heterocycles. The first-order valence-electron chi connectivity index (χ1n) is 6.63. The number of hydrazone groups is 1. The number of hydrogen-bond acceptors (Lipinski definition) is 3. The van der Waals surface area contributed by atoms with Crippen LogP contribution in [0.2, 0.25) is 5.02 Å². The van der Waals surface area contributed by atoms with Crippen molar-refractivity contribution < 1.29 is 4.79 Å². The third-order valence-electron chi connectivity index (χ3n) is 2.91. The fourth-order valence-electron chi connectivity index (χ4n) is 1.69. The van der Waals surface area contributed by atoms with E-state index < -0.39 is 0 Å². The molecule has 4 nitrogen and oxygen atoms in total. The second kappa shape index (κ2) is 7.96. The lowest BCUT2D eigenvalue weighted by Gasteiger charge is -2.06. The van der Waals surface area contributed by atoms with Crippen LogP contribution in [-0.4, -0.2) is 18.2 Å². The molecule has 0 radical (unpaired) electrons. The van der Waals surface area contributed by atoms with Gasteiger partial charge in [-0.25, -0.2) is 5.43 Å². The molecule has 0 heterocycles. The predicted molar refractivity (Wildman–Crippen MR) is 94.4 cm³/mol. The molecule has 2 aromatic carbocycles. The summed E-state index contributed by atoms with van der Waals surface area (Å²) in [6.07, 6.45) is 0. The Morgan fingerprint density at radius 3 is 2.41 bits per heavy atom. The van der Waals surface area contributed by atoms with Crippen molar-refractivity contribution in [1.29, 1.82) is 0 Å². The van der Waals surface area contributed by atoms with Crippen LogP contribution in [0.1, 0.15) is 12.5 Å². The fraction of sp³-hybridized carbons (Fsp3) is 0.125. The summed E-state index contributed by atoms with van der Waals surface area (Å²) in [6.45, 7) is 1.98. The number of nitrogens with zero attached hydrogens (tertiary/aromatic N) is 1. The normalized spacial score (nSPS) is 11.1. The third kappa shape index (κ3) is 5.16. The summed E-state index contributed by atoms with van der Waals surface area (Å²) in [6, 6.07) is 14.9. The zero-order valence-electron chi connectivity index (χ0n) is 11.9. The van der Waals surface area contributed by atoms with Crippen molar-refractivity contribution in [2.45, 2.75) is 6.92 Å². The Kier molecular flexibility index (Phi) is 5.98. The number of amides is 1. The van der Waals surface area contributed by atoms with Gasteiger partial charge in [-0.1, -0.05) is 39.7 Å². The van der Waals surface area contributed by atoms with Crippen LogP contribution < -0.4 is 10.7 Å². The summed E-state index contributed by atoms with van der Waals surface area (Å²) >= 11 is 9.18. The van der Waals surface area contributed by atoms with Crippen molar-refractivity contribution in [3.05, 3.63) is 63.6 Å². The summed E-state index contributed by atoms with van der Waals surface area (Å²) in [5, 5.41) is 7.74. The summed E-state index contributed by atoms with van der Waals surface area (Å²) in [5.74, 6) is -0.216. The van der Waals surface area contributed by atoms with Crippen LogP contribution >= 0.6 is 27.5 Å². The smallest absolute Gasteiger partial charge is 0.259 e. The highest BCUT2D eigenvalue weighted by molar-refractivity contribution is 9.10. The van der Waals surface area contributed by atoms with Crippen molar-refractivity contribution >= 4 is 44.8 Å². The van der Waals surface area contributed by atoms with E-state index in [4.69, 9.17) is 11.6 Å². The molecule has 0 atom stereocenters. The van der Waals surface area contributed by atoms with Crippen molar-refractivity contribution in [2.75, 3.05) is 11.9 Å². The minimum atomic E-state index is -0.216. The maximum absolute atomic E-state index is 11.8. The van der Waals surface area contributed by atoms with Crippen LogP contribution in [0.5, 0.6) is 0 Å². The number of halogens is 2. The van der Waals surface area contributed by atoms with Crippen LogP contribution in [-0.2, 0) is 4.79 Å². The quantitative estimate of drug-likeness (QED) is 0.607. The largest absolute Gasteiger partial charge is 0.376 e.